The van der Waals surface area contributed by atoms with E-state index in [-0.39, 0.29) is 4.77 Å². The predicted molar refractivity (Wildman–Crippen MR) is 95.3 cm³/mol. The number of nitrogens with two attached hydrogens (primary N) is 1. The van der Waals surface area contributed by atoms with Crippen molar-refractivity contribution >= 4 is 41.5 Å². The van der Waals surface area contributed by atoms with Crippen molar-refractivity contribution < 1.29 is 59.9 Å². The second-order valence-corrected chi connectivity index (χ2v) is 10.9. The van der Waals surface area contributed by atoms with Gasteiger partial charge in [0, 0.05) is 12.6 Å². The molecule has 2 rings (SSSR count). The summed E-state index contributed by atoms with van der Waals surface area (Å²) in [6.07, 6.45) is -2.47. The SMILES string of the molecule is C[C@@]1(F)C[C@@H](COP(=O)(O)OP(=O)(O)OP(=O)(O)O)O[C@H]1n1cc(F)c(N)nc1=S. The van der Waals surface area contributed by atoms with E-state index in [0.29, 0.717) is 0 Å². The normalized spacial score (nSPS) is 28.8. The molecule has 0 aliphatic carbocycles. The number of nitrogens with zero attached hydrogens (tertiary/aromatic N) is 2. The van der Waals surface area contributed by atoms with Gasteiger partial charge in [0.05, 0.1) is 12.7 Å². The van der Waals surface area contributed by atoms with Crippen LogP contribution in [0, 0.1) is 10.6 Å². The molecule has 1 aromatic heterocycles. The second-order valence-electron chi connectivity index (χ2n) is 6.14. The summed E-state index contributed by atoms with van der Waals surface area (Å²) < 4.78 is 79.5. The van der Waals surface area contributed by atoms with E-state index in [1.165, 1.54) is 0 Å². The first-order chi connectivity index (χ1) is 13.4. The van der Waals surface area contributed by atoms with Gasteiger partial charge in [0.1, 0.15) is 0 Å². The first kappa shape index (κ1) is 25.6. The molecule has 1 fully saturated rings. The van der Waals surface area contributed by atoms with Crippen LogP contribution < -0.4 is 5.73 Å². The number of phosphoric acid groups is 3. The number of nitrogen functional groups attached to an aromatic ring is 1. The molecule has 5 atom stereocenters. The number of aromatic nitrogens is 2. The van der Waals surface area contributed by atoms with Gasteiger partial charge in [-0.25, -0.2) is 22.5 Å². The molecular formula is C10H16F2N3O11P3S. The molecule has 0 bridgehead atoms. The lowest BCUT2D eigenvalue weighted by atomic mass is 10.0. The lowest BCUT2D eigenvalue weighted by molar-refractivity contribution is -0.0597. The number of alkyl halides is 1. The van der Waals surface area contributed by atoms with Crippen LogP contribution >= 0.6 is 35.7 Å². The van der Waals surface area contributed by atoms with E-state index < -0.39 is 66.1 Å². The quantitative estimate of drug-likeness (QED) is 0.245. The van der Waals surface area contributed by atoms with Crippen LogP contribution in [0.25, 0.3) is 0 Å². The largest absolute Gasteiger partial charge is 0.490 e. The first-order valence-corrected chi connectivity index (χ1v) is 12.5. The van der Waals surface area contributed by atoms with Crippen molar-refractivity contribution in [3.8, 4) is 0 Å². The van der Waals surface area contributed by atoms with Gasteiger partial charge in [-0.1, -0.05) is 0 Å². The van der Waals surface area contributed by atoms with Crippen molar-refractivity contribution in [1.82, 2.24) is 9.55 Å². The Morgan fingerprint density at radius 1 is 1.33 bits per heavy atom. The Hall–Kier alpha value is -0.670. The Morgan fingerprint density at radius 3 is 2.50 bits per heavy atom. The molecule has 1 saturated heterocycles. The van der Waals surface area contributed by atoms with Crippen LogP contribution in [-0.2, 0) is 31.6 Å². The van der Waals surface area contributed by atoms with Gasteiger partial charge in [-0.2, -0.15) is 13.6 Å². The Bertz CT molecular complexity index is 1020. The van der Waals surface area contributed by atoms with E-state index in [4.69, 9.17) is 37.4 Å². The van der Waals surface area contributed by atoms with Gasteiger partial charge in [0.25, 0.3) is 0 Å². The molecule has 0 saturated carbocycles. The number of hydrogen-bond acceptors (Lipinski definition) is 10. The third-order valence-corrected chi connectivity index (χ3v) is 7.59. The van der Waals surface area contributed by atoms with Gasteiger partial charge in [-0.05, 0) is 19.1 Å². The van der Waals surface area contributed by atoms with Crippen LogP contribution in [0.2, 0.25) is 0 Å². The molecule has 1 aliphatic heterocycles. The molecule has 1 aliphatic rings. The molecule has 172 valence electrons. The Morgan fingerprint density at radius 2 is 1.93 bits per heavy atom. The van der Waals surface area contributed by atoms with Gasteiger partial charge >= 0.3 is 23.5 Å². The van der Waals surface area contributed by atoms with Gasteiger partial charge in [0.15, 0.2) is 23.5 Å². The van der Waals surface area contributed by atoms with Crippen molar-refractivity contribution in [3.05, 3.63) is 16.8 Å². The molecule has 6 N–H and O–H groups in total. The summed E-state index contributed by atoms with van der Waals surface area (Å²) >= 11 is 4.89. The van der Waals surface area contributed by atoms with E-state index >= 15 is 0 Å². The van der Waals surface area contributed by atoms with E-state index in [0.717, 1.165) is 17.7 Å². The second kappa shape index (κ2) is 8.70. The summed E-state index contributed by atoms with van der Waals surface area (Å²) in [5, 5.41) is 0. The van der Waals surface area contributed by atoms with E-state index in [1.54, 1.807) is 0 Å². The van der Waals surface area contributed by atoms with Crippen LogP contribution in [0.5, 0.6) is 0 Å². The highest BCUT2D eigenvalue weighted by Crippen LogP contribution is 2.66. The molecule has 2 heterocycles. The van der Waals surface area contributed by atoms with Gasteiger partial charge in [-0.15, -0.1) is 0 Å². The average Bonchev–Trinajstić information content (AvgIpc) is 2.80. The number of rotatable bonds is 8. The summed E-state index contributed by atoms with van der Waals surface area (Å²) in [6, 6.07) is 0. The lowest BCUT2D eigenvalue weighted by Crippen LogP contribution is -2.28. The summed E-state index contributed by atoms with van der Waals surface area (Å²) in [4.78, 5) is 39.0. The third kappa shape index (κ3) is 6.92. The zero-order valence-electron chi connectivity index (χ0n) is 14.8. The van der Waals surface area contributed by atoms with Gasteiger partial charge < -0.3 is 30.0 Å². The smallest absolute Gasteiger partial charge is 0.381 e. The number of ether oxygens (including phenoxy) is 1. The number of hydrogen-bond donors (Lipinski definition) is 5. The molecule has 0 amide bonds. The maximum atomic E-state index is 14.9. The molecule has 0 aromatic carbocycles. The first-order valence-electron chi connectivity index (χ1n) is 7.58. The highest BCUT2D eigenvalue weighted by molar-refractivity contribution is 7.71. The molecule has 20 heteroatoms. The summed E-state index contributed by atoms with van der Waals surface area (Å²) in [5.41, 5.74) is 3.08. The van der Waals surface area contributed by atoms with Gasteiger partial charge in [0.2, 0.25) is 4.77 Å². The summed E-state index contributed by atoms with van der Waals surface area (Å²) in [7, 11) is -16.6. The average molecular weight is 517 g/mol. The molecule has 0 spiro atoms. The standard InChI is InChI=1S/C10H16F2N3O11P3S/c1-10(12)2-5(24-8(10)15-3-6(11)7(13)14-9(15)30)4-23-28(19,20)26-29(21,22)25-27(16,17)18/h3,5,8H,2,4H2,1H3,(H,19,20)(H,21,22)(H2,13,14,30)(H2,16,17,18)/t5-,8+,10+/m0/s1. The predicted octanol–water partition coefficient (Wildman–Crippen LogP) is 1.69. The van der Waals surface area contributed by atoms with Crippen molar-refractivity contribution in [2.45, 2.75) is 31.3 Å². The number of anilines is 1. The Labute approximate surface area is 172 Å². The number of halogens is 2. The Balaban J connectivity index is 2.08. The fraction of sp³-hybridized carbons (Fsp3) is 0.600. The van der Waals surface area contributed by atoms with Crippen LogP contribution in [0.15, 0.2) is 6.20 Å². The van der Waals surface area contributed by atoms with Crippen molar-refractivity contribution in [2.75, 3.05) is 12.3 Å². The highest BCUT2D eigenvalue weighted by Gasteiger charge is 2.48. The summed E-state index contributed by atoms with van der Waals surface area (Å²) in [6.45, 7) is 0.191. The number of phosphoric ester groups is 1. The zero-order chi connectivity index (χ0) is 23.1. The maximum absolute atomic E-state index is 14.9. The topological polar surface area (TPSA) is 213 Å². The molecule has 0 radical (unpaired) electrons. The third-order valence-electron chi connectivity index (χ3n) is 3.49. The van der Waals surface area contributed by atoms with E-state index in [2.05, 4.69) is 18.1 Å². The summed E-state index contributed by atoms with van der Waals surface area (Å²) in [5.74, 6) is -1.52. The fourth-order valence-electron chi connectivity index (χ4n) is 2.48. The molecule has 30 heavy (non-hydrogen) atoms. The minimum atomic E-state index is -5.69. The van der Waals surface area contributed by atoms with E-state index in [1.807, 2.05) is 0 Å². The highest BCUT2D eigenvalue weighted by atomic mass is 32.1. The van der Waals surface area contributed by atoms with Crippen molar-refractivity contribution in [3.63, 3.8) is 0 Å². The molecule has 1 aromatic rings. The molecule has 2 unspecified atom stereocenters. The molecular weight excluding hydrogens is 501 g/mol. The lowest BCUT2D eigenvalue weighted by Gasteiger charge is -2.23. The van der Waals surface area contributed by atoms with Crippen LogP contribution in [-0.4, -0.2) is 47.5 Å². The molecule has 14 nitrogen and oxygen atoms in total. The van der Waals surface area contributed by atoms with Gasteiger partial charge in [-0.3, -0.25) is 9.09 Å². The van der Waals surface area contributed by atoms with Crippen LogP contribution in [0.3, 0.4) is 0 Å². The minimum Gasteiger partial charge on any atom is -0.381 e. The van der Waals surface area contributed by atoms with E-state index in [9.17, 15) is 27.4 Å². The minimum absolute atomic E-state index is 0.309. The zero-order valence-corrected chi connectivity index (χ0v) is 18.3. The van der Waals surface area contributed by atoms with Crippen LogP contribution in [0.4, 0.5) is 14.6 Å². The van der Waals surface area contributed by atoms with Crippen molar-refractivity contribution in [1.29, 1.82) is 0 Å². The fourth-order valence-corrected chi connectivity index (χ4v) is 5.77. The maximum Gasteiger partial charge on any atom is 0.490 e. The Kier molecular flexibility index (Phi) is 7.42. The monoisotopic (exact) mass is 517 g/mol. The van der Waals surface area contributed by atoms with Crippen molar-refractivity contribution in [2.24, 2.45) is 0 Å². The van der Waals surface area contributed by atoms with Crippen LogP contribution in [0.1, 0.15) is 19.6 Å².